The SMILES string of the molecule is NC(=O)c1ccc(Cl)c(NC(=O)C(N)CCC(=O)O)c1. The Kier molecular flexibility index (Phi) is 5.48. The summed E-state index contributed by atoms with van der Waals surface area (Å²) in [6, 6.07) is 3.18. The van der Waals surface area contributed by atoms with Crippen LogP contribution in [-0.2, 0) is 9.59 Å². The Morgan fingerprint density at radius 3 is 2.55 bits per heavy atom. The van der Waals surface area contributed by atoms with E-state index >= 15 is 0 Å². The van der Waals surface area contributed by atoms with Crippen LogP contribution in [0.5, 0.6) is 0 Å². The Morgan fingerprint density at radius 1 is 1.35 bits per heavy atom. The predicted molar refractivity (Wildman–Crippen MR) is 73.4 cm³/mol. The number of hydrogen-bond acceptors (Lipinski definition) is 4. The molecule has 0 aliphatic carbocycles. The molecule has 0 bridgehead atoms. The molecular weight excluding hydrogens is 286 g/mol. The molecule has 20 heavy (non-hydrogen) atoms. The number of rotatable bonds is 6. The van der Waals surface area contributed by atoms with Gasteiger partial charge in [0.05, 0.1) is 16.8 Å². The van der Waals surface area contributed by atoms with Gasteiger partial charge in [-0.1, -0.05) is 11.6 Å². The molecular formula is C12H14ClN3O4. The molecule has 108 valence electrons. The fourth-order valence-electron chi connectivity index (χ4n) is 1.41. The molecule has 8 heteroatoms. The molecule has 0 saturated heterocycles. The number of carbonyl (C=O) groups is 3. The third-order valence-electron chi connectivity index (χ3n) is 2.51. The molecule has 0 aliphatic heterocycles. The van der Waals surface area contributed by atoms with E-state index in [2.05, 4.69) is 5.32 Å². The van der Waals surface area contributed by atoms with Gasteiger partial charge in [0.1, 0.15) is 0 Å². The van der Waals surface area contributed by atoms with Crippen LogP contribution in [0.4, 0.5) is 5.69 Å². The number of hydrogen-bond donors (Lipinski definition) is 4. The molecule has 2 amide bonds. The van der Waals surface area contributed by atoms with Crippen molar-refractivity contribution in [3.63, 3.8) is 0 Å². The highest BCUT2D eigenvalue weighted by atomic mass is 35.5. The molecule has 0 saturated carbocycles. The molecule has 1 unspecified atom stereocenters. The molecule has 0 heterocycles. The summed E-state index contributed by atoms with van der Waals surface area (Å²) in [5.74, 6) is -2.29. The average Bonchev–Trinajstić information content (AvgIpc) is 2.37. The highest BCUT2D eigenvalue weighted by Crippen LogP contribution is 2.23. The van der Waals surface area contributed by atoms with Gasteiger partial charge < -0.3 is 21.9 Å². The highest BCUT2D eigenvalue weighted by molar-refractivity contribution is 6.34. The smallest absolute Gasteiger partial charge is 0.303 e. The van der Waals surface area contributed by atoms with Gasteiger partial charge in [-0.3, -0.25) is 14.4 Å². The van der Waals surface area contributed by atoms with E-state index in [0.717, 1.165) is 0 Å². The first-order valence-electron chi connectivity index (χ1n) is 5.69. The van der Waals surface area contributed by atoms with Gasteiger partial charge in [-0.05, 0) is 24.6 Å². The molecule has 1 aromatic carbocycles. The van der Waals surface area contributed by atoms with Crippen LogP contribution in [0, 0.1) is 0 Å². The van der Waals surface area contributed by atoms with Crippen LogP contribution in [0.1, 0.15) is 23.2 Å². The molecule has 1 atom stereocenters. The fourth-order valence-corrected chi connectivity index (χ4v) is 1.57. The van der Waals surface area contributed by atoms with Crippen molar-refractivity contribution in [1.29, 1.82) is 0 Å². The lowest BCUT2D eigenvalue weighted by Crippen LogP contribution is -2.36. The first-order chi connectivity index (χ1) is 9.31. The Balaban J connectivity index is 2.77. The molecule has 1 aromatic rings. The largest absolute Gasteiger partial charge is 0.481 e. The van der Waals surface area contributed by atoms with Crippen molar-refractivity contribution in [2.45, 2.75) is 18.9 Å². The minimum atomic E-state index is -1.04. The normalized spacial score (nSPS) is 11.7. The fraction of sp³-hybridized carbons (Fsp3) is 0.250. The number of halogens is 1. The quantitative estimate of drug-likeness (QED) is 0.609. The standard InChI is InChI=1S/C12H14ClN3O4/c13-7-2-1-6(11(15)19)5-9(7)16-12(20)8(14)3-4-10(17)18/h1-2,5,8H,3-4,14H2,(H2,15,19)(H,16,20)(H,17,18). The van der Waals surface area contributed by atoms with Crippen LogP contribution in [0.3, 0.4) is 0 Å². The van der Waals surface area contributed by atoms with Crippen molar-refractivity contribution in [3.05, 3.63) is 28.8 Å². The lowest BCUT2D eigenvalue weighted by Gasteiger charge is -2.12. The number of nitrogens with two attached hydrogens (primary N) is 2. The first kappa shape index (κ1) is 15.9. The minimum Gasteiger partial charge on any atom is -0.481 e. The number of carboxylic acid groups (broad SMARTS) is 1. The lowest BCUT2D eigenvalue weighted by molar-refractivity contribution is -0.137. The summed E-state index contributed by atoms with van der Waals surface area (Å²) in [5, 5.41) is 11.2. The van der Waals surface area contributed by atoms with E-state index < -0.39 is 23.8 Å². The van der Waals surface area contributed by atoms with Crippen LogP contribution in [0.2, 0.25) is 5.02 Å². The third-order valence-corrected chi connectivity index (χ3v) is 2.84. The number of primary amides is 1. The molecule has 0 radical (unpaired) electrons. The first-order valence-corrected chi connectivity index (χ1v) is 6.06. The van der Waals surface area contributed by atoms with E-state index in [9.17, 15) is 14.4 Å². The lowest BCUT2D eigenvalue weighted by atomic mass is 10.1. The highest BCUT2D eigenvalue weighted by Gasteiger charge is 2.16. The van der Waals surface area contributed by atoms with Crippen molar-refractivity contribution in [2.24, 2.45) is 11.5 Å². The molecule has 0 spiro atoms. The topological polar surface area (TPSA) is 136 Å². The predicted octanol–water partition coefficient (Wildman–Crippen LogP) is 0.569. The maximum absolute atomic E-state index is 11.8. The Hall–Kier alpha value is -2.12. The average molecular weight is 300 g/mol. The maximum Gasteiger partial charge on any atom is 0.303 e. The summed E-state index contributed by atoms with van der Waals surface area (Å²) in [5.41, 5.74) is 11.0. The van der Waals surface area contributed by atoms with Crippen LogP contribution in [-0.4, -0.2) is 28.9 Å². The summed E-state index contributed by atoms with van der Waals surface area (Å²) in [6.45, 7) is 0. The second-order valence-electron chi connectivity index (χ2n) is 4.09. The van der Waals surface area contributed by atoms with Crippen molar-refractivity contribution in [2.75, 3.05) is 5.32 Å². The zero-order valence-corrected chi connectivity index (χ0v) is 11.2. The Morgan fingerprint density at radius 2 is 2.00 bits per heavy atom. The van der Waals surface area contributed by atoms with Gasteiger partial charge in [0.25, 0.3) is 0 Å². The molecule has 7 nitrogen and oxygen atoms in total. The van der Waals surface area contributed by atoms with Gasteiger partial charge in [-0.15, -0.1) is 0 Å². The number of carboxylic acids is 1. The van der Waals surface area contributed by atoms with Gasteiger partial charge in [0, 0.05) is 12.0 Å². The number of carbonyl (C=O) groups excluding carboxylic acids is 2. The number of nitrogens with one attached hydrogen (secondary N) is 1. The summed E-state index contributed by atoms with van der Waals surface area (Å²) in [7, 11) is 0. The minimum absolute atomic E-state index is 0.00566. The van der Waals surface area contributed by atoms with E-state index in [1.807, 2.05) is 0 Å². The van der Waals surface area contributed by atoms with E-state index in [-0.39, 0.29) is 29.1 Å². The second kappa shape index (κ2) is 6.88. The summed E-state index contributed by atoms with van der Waals surface area (Å²) in [4.78, 5) is 33.2. The van der Waals surface area contributed by atoms with Crippen LogP contribution in [0.25, 0.3) is 0 Å². The Bertz CT molecular complexity index is 548. The summed E-state index contributed by atoms with van der Waals surface area (Å²) in [6.07, 6.45) is -0.224. The van der Waals surface area contributed by atoms with Crippen molar-refractivity contribution in [3.8, 4) is 0 Å². The number of amides is 2. The summed E-state index contributed by atoms with van der Waals surface area (Å²) >= 11 is 5.88. The Labute approximate surface area is 119 Å². The number of anilines is 1. The molecule has 0 fully saturated rings. The van der Waals surface area contributed by atoms with Crippen LogP contribution >= 0.6 is 11.6 Å². The van der Waals surface area contributed by atoms with Gasteiger partial charge in [0.15, 0.2) is 0 Å². The zero-order valence-electron chi connectivity index (χ0n) is 10.4. The molecule has 1 rings (SSSR count). The molecule has 0 aliphatic rings. The van der Waals surface area contributed by atoms with Gasteiger partial charge in [-0.25, -0.2) is 0 Å². The van der Waals surface area contributed by atoms with Gasteiger partial charge in [-0.2, -0.15) is 0 Å². The summed E-state index contributed by atoms with van der Waals surface area (Å²) < 4.78 is 0. The van der Waals surface area contributed by atoms with Gasteiger partial charge in [0.2, 0.25) is 11.8 Å². The van der Waals surface area contributed by atoms with E-state index in [1.165, 1.54) is 18.2 Å². The zero-order chi connectivity index (χ0) is 15.3. The third kappa shape index (κ3) is 4.52. The van der Waals surface area contributed by atoms with Crippen molar-refractivity contribution < 1.29 is 19.5 Å². The van der Waals surface area contributed by atoms with E-state index in [4.69, 9.17) is 28.2 Å². The van der Waals surface area contributed by atoms with Crippen LogP contribution < -0.4 is 16.8 Å². The number of benzene rings is 1. The monoisotopic (exact) mass is 299 g/mol. The number of aliphatic carboxylic acids is 1. The van der Waals surface area contributed by atoms with Gasteiger partial charge >= 0.3 is 5.97 Å². The van der Waals surface area contributed by atoms with Crippen molar-refractivity contribution in [1.82, 2.24) is 0 Å². The van der Waals surface area contributed by atoms with Crippen LogP contribution in [0.15, 0.2) is 18.2 Å². The van der Waals surface area contributed by atoms with Crippen molar-refractivity contribution >= 4 is 35.1 Å². The second-order valence-corrected chi connectivity index (χ2v) is 4.49. The molecule has 6 N–H and O–H groups in total. The molecule has 0 aromatic heterocycles. The van der Waals surface area contributed by atoms with E-state index in [0.29, 0.717) is 0 Å². The van der Waals surface area contributed by atoms with E-state index in [1.54, 1.807) is 0 Å². The maximum atomic E-state index is 11.8.